The topological polar surface area (TPSA) is 85.2 Å². The van der Waals surface area contributed by atoms with E-state index in [9.17, 15) is 0 Å². The lowest BCUT2D eigenvalue weighted by molar-refractivity contribution is 0.634. The van der Waals surface area contributed by atoms with Crippen LogP contribution in [0.3, 0.4) is 0 Å². The van der Waals surface area contributed by atoms with E-state index in [1.165, 1.54) is 0 Å². The molecule has 0 saturated heterocycles. The van der Waals surface area contributed by atoms with Gasteiger partial charge in [-0.25, -0.2) is 9.97 Å². The van der Waals surface area contributed by atoms with Gasteiger partial charge < -0.3 is 4.57 Å². The minimum atomic E-state index is 0.737. The Bertz CT molecular complexity index is 896. The van der Waals surface area contributed by atoms with Gasteiger partial charge in [-0.05, 0) is 6.42 Å². The lowest BCUT2D eigenvalue weighted by atomic mass is 10.2. The Morgan fingerprint density at radius 2 is 2.04 bits per heavy atom. The highest BCUT2D eigenvalue weighted by Gasteiger charge is 2.11. The van der Waals surface area contributed by atoms with Crippen molar-refractivity contribution in [1.82, 2.24) is 35.2 Å². The lowest BCUT2D eigenvalue weighted by Crippen LogP contribution is -2.01. The summed E-state index contributed by atoms with van der Waals surface area (Å²) in [6, 6.07) is 10.2. The zero-order chi connectivity index (χ0) is 16.2. The smallest absolute Gasteiger partial charge is 0.174 e. The minimum Gasteiger partial charge on any atom is -0.330 e. The molecule has 3 heterocycles. The first-order valence-corrected chi connectivity index (χ1v) is 8.47. The number of nitrogens with one attached hydrogen (secondary N) is 1. The average Bonchev–Trinajstić information content (AvgIpc) is 3.37. The van der Waals surface area contributed by atoms with Crippen LogP contribution in [0.4, 0.5) is 0 Å². The molecule has 0 atom stereocenters. The molecule has 0 bridgehead atoms. The number of rotatable bonds is 6. The van der Waals surface area contributed by atoms with E-state index in [1.807, 2.05) is 36.8 Å². The van der Waals surface area contributed by atoms with E-state index in [0.29, 0.717) is 0 Å². The SMILES string of the molecule is c1ccc(-c2ncc(-c3nccn3CCCc3nn[nH]n3)s2)cc1. The maximum atomic E-state index is 4.54. The van der Waals surface area contributed by atoms with Gasteiger partial charge in [-0.2, -0.15) is 5.21 Å². The molecule has 0 radical (unpaired) electrons. The van der Waals surface area contributed by atoms with Crippen molar-refractivity contribution in [2.45, 2.75) is 19.4 Å². The molecular formula is C16H15N7S. The first-order valence-electron chi connectivity index (χ1n) is 7.65. The van der Waals surface area contributed by atoms with Gasteiger partial charge in [-0.1, -0.05) is 35.5 Å². The van der Waals surface area contributed by atoms with Gasteiger partial charge in [0, 0.05) is 37.1 Å². The van der Waals surface area contributed by atoms with E-state index in [-0.39, 0.29) is 0 Å². The van der Waals surface area contributed by atoms with Crippen LogP contribution in [0.25, 0.3) is 21.3 Å². The Morgan fingerprint density at radius 3 is 2.88 bits per heavy atom. The zero-order valence-corrected chi connectivity index (χ0v) is 13.6. The number of benzene rings is 1. The highest BCUT2D eigenvalue weighted by Crippen LogP contribution is 2.31. The minimum absolute atomic E-state index is 0.737. The molecule has 0 amide bonds. The third kappa shape index (κ3) is 3.09. The largest absolute Gasteiger partial charge is 0.330 e. The summed E-state index contributed by atoms with van der Waals surface area (Å²) >= 11 is 1.65. The summed E-state index contributed by atoms with van der Waals surface area (Å²) in [5.74, 6) is 1.68. The number of aryl methyl sites for hydroxylation is 2. The molecule has 7 nitrogen and oxygen atoms in total. The summed E-state index contributed by atoms with van der Waals surface area (Å²) in [5.41, 5.74) is 1.13. The van der Waals surface area contributed by atoms with Crippen LogP contribution in [0.1, 0.15) is 12.2 Å². The number of H-pyrrole nitrogens is 1. The van der Waals surface area contributed by atoms with Gasteiger partial charge in [-0.15, -0.1) is 21.5 Å². The van der Waals surface area contributed by atoms with Gasteiger partial charge >= 0.3 is 0 Å². The second-order valence-electron chi connectivity index (χ2n) is 5.27. The van der Waals surface area contributed by atoms with Crippen molar-refractivity contribution in [3.8, 4) is 21.3 Å². The van der Waals surface area contributed by atoms with Gasteiger partial charge in [-0.3, -0.25) is 0 Å². The van der Waals surface area contributed by atoms with Crippen LogP contribution in [0.15, 0.2) is 48.9 Å². The van der Waals surface area contributed by atoms with E-state index in [1.54, 1.807) is 11.3 Å². The number of aromatic amines is 1. The molecule has 0 fully saturated rings. The van der Waals surface area contributed by atoms with E-state index in [4.69, 9.17) is 0 Å². The predicted molar refractivity (Wildman–Crippen MR) is 91.3 cm³/mol. The van der Waals surface area contributed by atoms with Crippen molar-refractivity contribution in [3.63, 3.8) is 0 Å². The summed E-state index contributed by atoms with van der Waals surface area (Å²) in [5, 5.41) is 15.0. The molecule has 4 rings (SSSR count). The maximum absolute atomic E-state index is 4.54. The molecule has 0 aliphatic carbocycles. The van der Waals surface area contributed by atoms with Gasteiger partial charge in [0.15, 0.2) is 11.6 Å². The molecule has 0 aliphatic heterocycles. The number of aromatic nitrogens is 7. The lowest BCUT2D eigenvalue weighted by Gasteiger charge is -2.04. The second kappa shape index (κ2) is 6.71. The van der Waals surface area contributed by atoms with Crippen LogP contribution in [-0.4, -0.2) is 35.2 Å². The third-order valence-electron chi connectivity index (χ3n) is 3.65. The number of thiazole rings is 1. The summed E-state index contributed by atoms with van der Waals surface area (Å²) in [6.07, 6.45) is 7.42. The number of nitrogens with zero attached hydrogens (tertiary/aromatic N) is 6. The Labute approximate surface area is 142 Å². The highest BCUT2D eigenvalue weighted by molar-refractivity contribution is 7.18. The summed E-state index contributed by atoms with van der Waals surface area (Å²) < 4.78 is 2.14. The molecule has 24 heavy (non-hydrogen) atoms. The molecule has 4 aromatic rings. The summed E-state index contributed by atoms with van der Waals surface area (Å²) in [4.78, 5) is 10.1. The number of imidazole rings is 1. The van der Waals surface area contributed by atoms with Crippen LogP contribution in [0.2, 0.25) is 0 Å². The van der Waals surface area contributed by atoms with E-state index in [2.05, 4.69) is 47.3 Å². The van der Waals surface area contributed by atoms with Gasteiger partial charge in [0.25, 0.3) is 0 Å². The predicted octanol–water partition coefficient (Wildman–Crippen LogP) is 2.82. The molecule has 1 aromatic carbocycles. The molecule has 0 saturated carbocycles. The molecule has 0 aliphatic rings. The third-order valence-corrected chi connectivity index (χ3v) is 4.69. The fourth-order valence-electron chi connectivity index (χ4n) is 2.50. The van der Waals surface area contributed by atoms with Crippen LogP contribution in [-0.2, 0) is 13.0 Å². The molecule has 8 heteroatoms. The molecule has 120 valence electrons. The van der Waals surface area contributed by atoms with Gasteiger partial charge in [0.1, 0.15) is 5.01 Å². The van der Waals surface area contributed by atoms with Crippen LogP contribution in [0.5, 0.6) is 0 Å². The number of hydrogen-bond donors (Lipinski definition) is 1. The van der Waals surface area contributed by atoms with E-state index >= 15 is 0 Å². The van der Waals surface area contributed by atoms with Crippen molar-refractivity contribution >= 4 is 11.3 Å². The molecule has 1 N–H and O–H groups in total. The molecule has 0 unspecified atom stereocenters. The van der Waals surface area contributed by atoms with E-state index in [0.717, 1.165) is 46.5 Å². The van der Waals surface area contributed by atoms with Gasteiger partial charge in [0.05, 0.1) is 4.88 Å². The summed E-state index contributed by atoms with van der Waals surface area (Å²) in [7, 11) is 0. The first-order chi connectivity index (χ1) is 11.9. The Balaban J connectivity index is 1.49. The fourth-order valence-corrected chi connectivity index (χ4v) is 3.44. The Hall–Kier alpha value is -2.87. The number of hydrogen-bond acceptors (Lipinski definition) is 6. The Morgan fingerprint density at radius 1 is 1.12 bits per heavy atom. The standard InChI is InChI=1S/C16H15N7S/c1-2-5-12(6-3-1)16-18-11-13(24-16)15-17-8-10-23(15)9-4-7-14-19-21-22-20-14/h1-3,5-6,8,10-11H,4,7,9H2,(H,19,20,21,22). The molecular weight excluding hydrogens is 322 g/mol. The van der Waals surface area contributed by atoms with Crippen LogP contribution >= 0.6 is 11.3 Å². The van der Waals surface area contributed by atoms with Crippen molar-refractivity contribution in [1.29, 1.82) is 0 Å². The van der Waals surface area contributed by atoms with Crippen molar-refractivity contribution in [2.75, 3.05) is 0 Å². The Kier molecular flexibility index (Phi) is 4.11. The first kappa shape index (κ1) is 14.7. The highest BCUT2D eigenvalue weighted by atomic mass is 32.1. The summed E-state index contributed by atoms with van der Waals surface area (Å²) in [6.45, 7) is 0.850. The maximum Gasteiger partial charge on any atom is 0.174 e. The quantitative estimate of drug-likeness (QED) is 0.585. The fraction of sp³-hybridized carbons (Fsp3) is 0.188. The second-order valence-corrected chi connectivity index (χ2v) is 6.30. The van der Waals surface area contributed by atoms with Crippen molar-refractivity contribution in [3.05, 3.63) is 54.7 Å². The average molecular weight is 337 g/mol. The van der Waals surface area contributed by atoms with Crippen LogP contribution in [0, 0.1) is 0 Å². The zero-order valence-electron chi connectivity index (χ0n) is 12.8. The number of tetrazole rings is 1. The van der Waals surface area contributed by atoms with Crippen molar-refractivity contribution in [2.24, 2.45) is 0 Å². The van der Waals surface area contributed by atoms with Crippen LogP contribution < -0.4 is 0 Å². The van der Waals surface area contributed by atoms with E-state index < -0.39 is 0 Å². The molecule has 3 aromatic heterocycles. The normalized spacial score (nSPS) is 11.0. The molecule has 0 spiro atoms. The van der Waals surface area contributed by atoms with Gasteiger partial charge in [0.2, 0.25) is 0 Å². The van der Waals surface area contributed by atoms with Crippen molar-refractivity contribution < 1.29 is 0 Å². The monoisotopic (exact) mass is 337 g/mol.